The topological polar surface area (TPSA) is 127 Å². The quantitative estimate of drug-likeness (QED) is 0.341. The predicted octanol–water partition coefficient (Wildman–Crippen LogP) is 2.59. The molecule has 5 rings (SSSR count). The van der Waals surface area contributed by atoms with Gasteiger partial charge in [0.15, 0.2) is 11.6 Å². The normalized spacial score (nSPS) is 27.2. The van der Waals surface area contributed by atoms with Gasteiger partial charge in [0.2, 0.25) is 11.8 Å². The van der Waals surface area contributed by atoms with E-state index in [4.69, 9.17) is 9.84 Å². The van der Waals surface area contributed by atoms with Crippen LogP contribution in [0, 0.1) is 17.8 Å². The number of carbonyl (C=O) groups is 5. The third kappa shape index (κ3) is 3.67. The summed E-state index contributed by atoms with van der Waals surface area (Å²) in [5.74, 6) is -4.08. The highest BCUT2D eigenvalue weighted by molar-refractivity contribution is 9.12. The zero-order valence-corrected chi connectivity index (χ0v) is 20.8. The molecule has 0 unspecified atom stereocenters. The zero-order chi connectivity index (χ0) is 25.7. The van der Waals surface area contributed by atoms with E-state index in [0.717, 1.165) is 18.2 Å². The van der Waals surface area contributed by atoms with Gasteiger partial charge in [-0.1, -0.05) is 23.8 Å². The molecule has 1 saturated heterocycles. The van der Waals surface area contributed by atoms with Gasteiger partial charge in [0.25, 0.3) is 0 Å². The van der Waals surface area contributed by atoms with Crippen molar-refractivity contribution in [1.29, 1.82) is 0 Å². The van der Waals surface area contributed by atoms with Crippen molar-refractivity contribution in [2.45, 2.75) is 18.8 Å². The fourth-order valence-electron chi connectivity index (χ4n) is 5.78. The lowest BCUT2D eigenvalue weighted by Gasteiger charge is -2.42. The number of allylic oxidation sites excluding steroid dienone is 6. The minimum Gasteiger partial charge on any atom is -0.491 e. The highest BCUT2D eigenvalue weighted by atomic mass is 79.9. The van der Waals surface area contributed by atoms with Crippen molar-refractivity contribution in [1.82, 2.24) is 4.90 Å². The summed E-state index contributed by atoms with van der Waals surface area (Å²) in [7, 11) is 1.10. The number of benzene rings is 1. The van der Waals surface area contributed by atoms with E-state index in [1.807, 2.05) is 6.08 Å². The zero-order valence-electron chi connectivity index (χ0n) is 19.2. The number of methoxy groups -OCH3 is 1. The summed E-state index contributed by atoms with van der Waals surface area (Å²) in [4.78, 5) is 65.4. The van der Waals surface area contributed by atoms with Gasteiger partial charge in [0.05, 0.1) is 30.0 Å². The average Bonchev–Trinajstić information content (AvgIpc) is 3.14. The molecule has 0 bridgehead atoms. The van der Waals surface area contributed by atoms with E-state index in [9.17, 15) is 24.0 Å². The summed E-state index contributed by atoms with van der Waals surface area (Å²) in [5.41, 5.74) is 2.16. The van der Waals surface area contributed by atoms with E-state index in [2.05, 4.69) is 20.7 Å². The maximum absolute atomic E-state index is 13.3. The molecule has 1 N–H and O–H groups in total. The van der Waals surface area contributed by atoms with Crippen LogP contribution in [-0.2, 0) is 23.9 Å². The van der Waals surface area contributed by atoms with Gasteiger partial charge < -0.3 is 14.6 Å². The van der Waals surface area contributed by atoms with Gasteiger partial charge in [-0.2, -0.15) is 4.90 Å². The molecule has 0 radical (unpaired) electrons. The molecule has 4 atom stereocenters. The standard InChI is InChI=1S/C26H22BrNO8/c1-35-26(34)28-24(32)15-7-6-14-16(21(15)25(28)33)10-17-22(19(30)11-18(27)23(17)31)20(14)12-2-4-13(5-3-12)36-9-8-29/h2-6,11,15-16,20-21,29H,7-10H2,1H3/t15-,16+,20-,21-/m0/s1. The Morgan fingerprint density at radius 2 is 1.83 bits per heavy atom. The average molecular weight is 556 g/mol. The highest BCUT2D eigenvalue weighted by Gasteiger charge is 2.58. The van der Waals surface area contributed by atoms with Gasteiger partial charge in [0, 0.05) is 23.1 Å². The molecule has 9 nitrogen and oxygen atoms in total. The second-order valence-corrected chi connectivity index (χ2v) is 9.87. The summed E-state index contributed by atoms with van der Waals surface area (Å²) < 4.78 is 10.2. The number of carbonyl (C=O) groups excluding carboxylic acids is 5. The predicted molar refractivity (Wildman–Crippen MR) is 128 cm³/mol. The SMILES string of the molecule is COC(=O)N1C(=O)[C@H]2[C@H](CC=C3[C@H](c4ccc(OCCO)cc4)C4=C(C[C@H]32)C(=O)C(Br)=CC4=O)C1=O. The molecule has 3 aliphatic carbocycles. The molecule has 0 saturated carbocycles. The first-order valence-electron chi connectivity index (χ1n) is 11.5. The Kier molecular flexibility index (Phi) is 6.25. The van der Waals surface area contributed by atoms with Crippen LogP contribution in [0.5, 0.6) is 5.75 Å². The number of aliphatic hydroxyl groups is 1. The number of fused-ring (bicyclic) bond motifs is 3. The lowest BCUT2D eigenvalue weighted by atomic mass is 9.59. The van der Waals surface area contributed by atoms with Gasteiger partial charge in [0.1, 0.15) is 12.4 Å². The van der Waals surface area contributed by atoms with Crippen LogP contribution in [0.1, 0.15) is 24.3 Å². The Bertz CT molecular complexity index is 1290. The fraction of sp³-hybridized carbons (Fsp3) is 0.346. The second-order valence-electron chi connectivity index (χ2n) is 9.02. The van der Waals surface area contributed by atoms with Gasteiger partial charge >= 0.3 is 6.09 Å². The lowest BCUT2D eigenvalue weighted by Crippen LogP contribution is -2.40. The van der Waals surface area contributed by atoms with Crippen LogP contribution in [0.25, 0.3) is 0 Å². The Hall–Kier alpha value is -3.37. The first-order valence-corrected chi connectivity index (χ1v) is 12.3. The second kappa shape index (κ2) is 9.25. The van der Waals surface area contributed by atoms with Crippen LogP contribution in [0.3, 0.4) is 0 Å². The molecular weight excluding hydrogens is 534 g/mol. The first kappa shape index (κ1) is 24.3. The van der Waals surface area contributed by atoms with Gasteiger partial charge in [-0.3, -0.25) is 19.2 Å². The van der Waals surface area contributed by atoms with Crippen molar-refractivity contribution < 1.29 is 38.6 Å². The largest absolute Gasteiger partial charge is 0.491 e. The third-order valence-corrected chi connectivity index (χ3v) is 7.85. The van der Waals surface area contributed by atoms with E-state index in [1.165, 1.54) is 6.08 Å². The van der Waals surface area contributed by atoms with E-state index in [0.29, 0.717) is 21.8 Å². The van der Waals surface area contributed by atoms with Crippen molar-refractivity contribution >= 4 is 45.4 Å². The van der Waals surface area contributed by atoms with Crippen LogP contribution in [0.2, 0.25) is 0 Å². The van der Waals surface area contributed by atoms with Gasteiger partial charge in [-0.15, -0.1) is 0 Å². The number of likely N-dealkylation sites (tertiary alicyclic amines) is 1. The fourth-order valence-corrected chi connectivity index (χ4v) is 6.22. The Morgan fingerprint density at radius 1 is 1.11 bits per heavy atom. The maximum Gasteiger partial charge on any atom is 0.423 e. The Labute approximate surface area is 214 Å². The van der Waals surface area contributed by atoms with Gasteiger partial charge in [-0.05, 0) is 52.4 Å². The summed E-state index contributed by atoms with van der Waals surface area (Å²) >= 11 is 3.18. The number of ketones is 2. The minimum atomic E-state index is -1.03. The van der Waals surface area contributed by atoms with Crippen molar-refractivity contribution in [2.75, 3.05) is 20.3 Å². The maximum atomic E-state index is 13.3. The first-order chi connectivity index (χ1) is 17.3. The number of amides is 3. The molecule has 0 aromatic heterocycles. The number of nitrogens with zero attached hydrogens (tertiary/aromatic N) is 1. The number of Topliss-reactive ketones (excluding diaryl/α,β-unsaturated/α-hetero) is 1. The molecule has 1 fully saturated rings. The van der Waals surface area contributed by atoms with Crippen LogP contribution in [0.4, 0.5) is 4.79 Å². The number of ether oxygens (including phenoxy) is 2. The molecule has 1 aromatic carbocycles. The summed E-state index contributed by atoms with van der Waals surface area (Å²) in [6.45, 7) is -0.00206. The molecule has 3 amide bonds. The van der Waals surface area contributed by atoms with Crippen molar-refractivity contribution in [3.8, 4) is 5.75 Å². The number of imide groups is 3. The highest BCUT2D eigenvalue weighted by Crippen LogP contribution is 2.55. The lowest BCUT2D eigenvalue weighted by molar-refractivity contribution is -0.137. The van der Waals surface area contributed by atoms with Gasteiger partial charge in [-0.25, -0.2) is 4.79 Å². The molecule has 0 spiro atoms. The molecule has 4 aliphatic rings. The molecule has 36 heavy (non-hydrogen) atoms. The molecular formula is C26H22BrNO8. The minimum absolute atomic E-state index is 0.109. The van der Waals surface area contributed by atoms with Crippen molar-refractivity contribution in [3.05, 3.63) is 63.2 Å². The number of hydrogen-bond acceptors (Lipinski definition) is 8. The Morgan fingerprint density at radius 3 is 2.50 bits per heavy atom. The summed E-state index contributed by atoms with van der Waals surface area (Å²) in [6, 6.07) is 6.99. The Balaban J connectivity index is 1.61. The summed E-state index contributed by atoms with van der Waals surface area (Å²) in [5, 5.41) is 9.00. The molecule has 1 heterocycles. The van der Waals surface area contributed by atoms with Crippen molar-refractivity contribution in [3.63, 3.8) is 0 Å². The molecule has 186 valence electrons. The number of halogens is 1. The third-order valence-electron chi connectivity index (χ3n) is 7.26. The van der Waals surface area contributed by atoms with E-state index in [-0.39, 0.29) is 42.1 Å². The molecule has 10 heteroatoms. The van der Waals surface area contributed by atoms with Crippen LogP contribution < -0.4 is 4.74 Å². The van der Waals surface area contributed by atoms with E-state index >= 15 is 0 Å². The van der Waals surface area contributed by atoms with E-state index in [1.54, 1.807) is 24.3 Å². The monoisotopic (exact) mass is 555 g/mol. The number of hydrogen-bond donors (Lipinski definition) is 1. The number of rotatable bonds is 4. The summed E-state index contributed by atoms with van der Waals surface area (Å²) in [6.07, 6.45) is 2.45. The smallest absolute Gasteiger partial charge is 0.423 e. The van der Waals surface area contributed by atoms with Crippen LogP contribution >= 0.6 is 15.9 Å². The number of aliphatic hydroxyl groups excluding tert-OH is 1. The molecule has 1 aromatic rings. The van der Waals surface area contributed by atoms with Crippen LogP contribution in [0.15, 0.2) is 57.6 Å². The van der Waals surface area contributed by atoms with E-state index < -0.39 is 41.6 Å². The van der Waals surface area contributed by atoms with Crippen LogP contribution in [-0.4, -0.2) is 59.8 Å². The van der Waals surface area contributed by atoms with Crippen molar-refractivity contribution in [2.24, 2.45) is 17.8 Å². The molecule has 1 aliphatic heterocycles.